The number of carbonyl (C=O) groups excluding carboxylic acids is 1. The summed E-state index contributed by atoms with van der Waals surface area (Å²) in [6.45, 7) is 2.49. The minimum Gasteiger partial charge on any atom is -0.494 e. The fraction of sp³-hybridized carbons (Fsp3) is 0.318. The molecule has 1 saturated carbocycles. The van der Waals surface area contributed by atoms with Gasteiger partial charge in [-0.2, -0.15) is 5.26 Å². The largest absolute Gasteiger partial charge is 0.494 e. The first kappa shape index (κ1) is 19.8. The smallest absolute Gasteiger partial charge is 0.257 e. The Morgan fingerprint density at radius 1 is 1.14 bits per heavy atom. The Morgan fingerprint density at radius 3 is 2.36 bits per heavy atom. The summed E-state index contributed by atoms with van der Waals surface area (Å²) in [7, 11) is 0. The second-order valence-electron chi connectivity index (χ2n) is 6.84. The average Bonchev–Trinajstić information content (AvgIpc) is 3.19. The van der Waals surface area contributed by atoms with Crippen LogP contribution < -0.4 is 15.4 Å². The Bertz CT molecular complexity index is 879. The van der Waals surface area contributed by atoms with E-state index in [1.54, 1.807) is 24.3 Å². The van der Waals surface area contributed by atoms with Crippen LogP contribution in [0, 0.1) is 11.3 Å². The molecule has 0 atom stereocenters. The van der Waals surface area contributed by atoms with Crippen molar-refractivity contribution in [1.29, 1.82) is 5.26 Å². The summed E-state index contributed by atoms with van der Waals surface area (Å²) in [6, 6.07) is 17.1. The summed E-state index contributed by atoms with van der Waals surface area (Å²) in [5, 5.41) is 15.5. The highest BCUT2D eigenvalue weighted by molar-refractivity contribution is 7.80. The van der Waals surface area contributed by atoms with Crippen LogP contribution in [0.2, 0.25) is 0 Å². The van der Waals surface area contributed by atoms with E-state index in [-0.39, 0.29) is 16.4 Å². The monoisotopic (exact) mass is 393 g/mol. The van der Waals surface area contributed by atoms with Crippen molar-refractivity contribution in [2.75, 3.05) is 11.9 Å². The zero-order valence-electron chi connectivity index (χ0n) is 15.8. The Balaban J connectivity index is 1.58. The number of nitriles is 1. The molecule has 0 aliphatic heterocycles. The van der Waals surface area contributed by atoms with E-state index < -0.39 is 0 Å². The first-order valence-corrected chi connectivity index (χ1v) is 9.84. The molecule has 2 aromatic carbocycles. The van der Waals surface area contributed by atoms with Crippen molar-refractivity contribution in [3.63, 3.8) is 0 Å². The van der Waals surface area contributed by atoms with E-state index in [4.69, 9.17) is 17.0 Å². The molecule has 0 radical (unpaired) electrons. The molecule has 5 nitrogen and oxygen atoms in total. The van der Waals surface area contributed by atoms with E-state index in [1.165, 1.54) is 0 Å². The van der Waals surface area contributed by atoms with Gasteiger partial charge < -0.3 is 10.1 Å². The van der Waals surface area contributed by atoms with Crippen LogP contribution in [-0.2, 0) is 5.41 Å². The van der Waals surface area contributed by atoms with E-state index in [2.05, 4.69) is 16.7 Å². The standard InChI is InChI=1S/C22H23N3O2S/c1-2-27-19-11-5-16(6-12-19)20(26)25-21(28)24-18-9-7-17(8-10-18)22(15-23)13-3-4-14-22/h5-12H,2-4,13-14H2,1H3,(H2,24,25,26,28). The summed E-state index contributed by atoms with van der Waals surface area (Å²) in [5.74, 6) is 0.434. The van der Waals surface area contributed by atoms with Gasteiger partial charge in [0.15, 0.2) is 5.11 Å². The number of hydrogen-bond donors (Lipinski definition) is 2. The number of carbonyl (C=O) groups is 1. The van der Waals surface area contributed by atoms with Crippen LogP contribution in [0.1, 0.15) is 48.5 Å². The third-order valence-corrected chi connectivity index (χ3v) is 5.23. The molecule has 1 aliphatic carbocycles. The number of nitrogens with one attached hydrogen (secondary N) is 2. The molecule has 0 unspecified atom stereocenters. The second-order valence-corrected chi connectivity index (χ2v) is 7.25. The SMILES string of the molecule is CCOc1ccc(C(=O)NC(=S)Nc2ccc(C3(C#N)CCCC3)cc2)cc1. The van der Waals surface area contributed by atoms with Crippen LogP contribution in [0.5, 0.6) is 5.75 Å². The van der Waals surface area contributed by atoms with E-state index >= 15 is 0 Å². The number of ether oxygens (including phenoxy) is 1. The van der Waals surface area contributed by atoms with E-state index in [1.807, 2.05) is 31.2 Å². The molecule has 0 aromatic heterocycles. The molecule has 6 heteroatoms. The molecule has 28 heavy (non-hydrogen) atoms. The van der Waals surface area contributed by atoms with Gasteiger partial charge in [-0.05, 0) is 73.9 Å². The molecule has 0 heterocycles. The van der Waals surface area contributed by atoms with Crippen molar-refractivity contribution in [2.45, 2.75) is 38.0 Å². The number of benzene rings is 2. The van der Waals surface area contributed by atoms with Gasteiger partial charge in [0.05, 0.1) is 18.1 Å². The summed E-state index contributed by atoms with van der Waals surface area (Å²) in [5.41, 5.74) is 1.95. The van der Waals surface area contributed by atoms with Crippen molar-refractivity contribution in [1.82, 2.24) is 5.32 Å². The van der Waals surface area contributed by atoms with Gasteiger partial charge in [-0.25, -0.2) is 0 Å². The number of hydrogen-bond acceptors (Lipinski definition) is 4. The maximum atomic E-state index is 12.3. The molecule has 144 valence electrons. The van der Waals surface area contributed by atoms with Gasteiger partial charge in [-0.15, -0.1) is 0 Å². The lowest BCUT2D eigenvalue weighted by molar-refractivity contribution is 0.0977. The molecule has 1 amide bonds. The van der Waals surface area contributed by atoms with Crippen LogP contribution in [0.3, 0.4) is 0 Å². The highest BCUT2D eigenvalue weighted by atomic mass is 32.1. The quantitative estimate of drug-likeness (QED) is 0.729. The number of amides is 1. The number of anilines is 1. The van der Waals surface area contributed by atoms with E-state index in [0.717, 1.165) is 42.7 Å². The Hall–Kier alpha value is -2.91. The van der Waals surface area contributed by atoms with Crippen LogP contribution >= 0.6 is 12.2 Å². The van der Waals surface area contributed by atoms with Crippen molar-refractivity contribution in [3.8, 4) is 11.8 Å². The van der Waals surface area contributed by atoms with Crippen LogP contribution in [0.25, 0.3) is 0 Å². The highest BCUT2D eigenvalue weighted by Gasteiger charge is 2.35. The van der Waals surface area contributed by atoms with Crippen molar-refractivity contribution >= 4 is 28.9 Å². The fourth-order valence-electron chi connectivity index (χ4n) is 3.52. The molecular formula is C22H23N3O2S. The molecule has 1 aliphatic rings. The summed E-state index contributed by atoms with van der Waals surface area (Å²) in [4.78, 5) is 12.3. The fourth-order valence-corrected chi connectivity index (χ4v) is 3.73. The molecule has 3 rings (SSSR count). The Labute approximate surface area is 170 Å². The molecule has 1 fully saturated rings. The van der Waals surface area contributed by atoms with Gasteiger partial charge in [0.1, 0.15) is 5.75 Å². The zero-order valence-corrected chi connectivity index (χ0v) is 16.6. The Morgan fingerprint density at radius 2 is 1.79 bits per heavy atom. The predicted octanol–water partition coefficient (Wildman–Crippen LogP) is 4.55. The van der Waals surface area contributed by atoms with Gasteiger partial charge in [-0.3, -0.25) is 10.1 Å². The highest BCUT2D eigenvalue weighted by Crippen LogP contribution is 2.40. The second kappa shape index (κ2) is 8.85. The van der Waals surface area contributed by atoms with Gasteiger partial charge in [0, 0.05) is 11.3 Å². The topological polar surface area (TPSA) is 74.2 Å². The molecule has 0 saturated heterocycles. The first-order chi connectivity index (χ1) is 13.6. The molecule has 0 spiro atoms. The van der Waals surface area contributed by atoms with E-state index in [9.17, 15) is 10.1 Å². The third kappa shape index (κ3) is 4.49. The number of nitrogens with zero attached hydrogens (tertiary/aromatic N) is 1. The summed E-state index contributed by atoms with van der Waals surface area (Å²) >= 11 is 5.24. The maximum absolute atomic E-state index is 12.3. The Kier molecular flexibility index (Phi) is 6.27. The molecule has 2 N–H and O–H groups in total. The lowest BCUT2D eigenvalue weighted by atomic mass is 9.80. The van der Waals surface area contributed by atoms with Crippen molar-refractivity contribution in [2.24, 2.45) is 0 Å². The van der Waals surface area contributed by atoms with Crippen molar-refractivity contribution < 1.29 is 9.53 Å². The van der Waals surface area contributed by atoms with Crippen LogP contribution in [-0.4, -0.2) is 17.6 Å². The van der Waals surface area contributed by atoms with Gasteiger partial charge >= 0.3 is 0 Å². The lowest BCUT2D eigenvalue weighted by Crippen LogP contribution is -2.34. The van der Waals surface area contributed by atoms with Gasteiger partial charge in [-0.1, -0.05) is 25.0 Å². The van der Waals surface area contributed by atoms with E-state index in [0.29, 0.717) is 12.2 Å². The minimum absolute atomic E-state index is 0.225. The van der Waals surface area contributed by atoms with Gasteiger partial charge in [0.2, 0.25) is 0 Å². The zero-order chi connectivity index (χ0) is 20.0. The summed E-state index contributed by atoms with van der Waals surface area (Å²) < 4.78 is 5.37. The number of thiocarbonyl (C=S) groups is 1. The molecular weight excluding hydrogens is 370 g/mol. The van der Waals surface area contributed by atoms with Gasteiger partial charge in [0.25, 0.3) is 5.91 Å². The number of rotatable bonds is 5. The first-order valence-electron chi connectivity index (χ1n) is 9.43. The van der Waals surface area contributed by atoms with Crippen molar-refractivity contribution in [3.05, 3.63) is 59.7 Å². The predicted molar refractivity (Wildman–Crippen MR) is 113 cm³/mol. The summed E-state index contributed by atoms with van der Waals surface area (Å²) in [6.07, 6.45) is 4.00. The average molecular weight is 394 g/mol. The molecule has 2 aromatic rings. The lowest BCUT2D eigenvalue weighted by Gasteiger charge is -2.21. The van der Waals surface area contributed by atoms with Crippen LogP contribution in [0.15, 0.2) is 48.5 Å². The minimum atomic E-state index is -0.360. The maximum Gasteiger partial charge on any atom is 0.257 e. The third-order valence-electron chi connectivity index (χ3n) is 5.02. The molecule has 0 bridgehead atoms. The van der Waals surface area contributed by atoms with Crippen LogP contribution in [0.4, 0.5) is 5.69 Å². The normalized spacial score (nSPS) is 14.7.